The smallest absolute Gasteiger partial charge is 0.309 e. The summed E-state index contributed by atoms with van der Waals surface area (Å²) < 4.78 is 11.1. The van der Waals surface area contributed by atoms with Gasteiger partial charge in [0.05, 0.1) is 13.0 Å². The Kier molecular flexibility index (Phi) is 5.01. The van der Waals surface area contributed by atoms with Crippen LogP contribution in [0.4, 0.5) is 0 Å². The van der Waals surface area contributed by atoms with Gasteiger partial charge in [-0.2, -0.15) is 0 Å². The molecular formula is C19H21NO4. The lowest BCUT2D eigenvalue weighted by atomic mass is 10.00. The van der Waals surface area contributed by atoms with Crippen molar-refractivity contribution in [2.45, 2.75) is 13.2 Å². The molecule has 5 heteroatoms. The molecule has 24 heavy (non-hydrogen) atoms. The predicted octanol–water partition coefficient (Wildman–Crippen LogP) is 2.79. The van der Waals surface area contributed by atoms with Crippen LogP contribution in [0.25, 0.3) is 0 Å². The number of methoxy groups -OCH3 is 1. The molecule has 1 saturated heterocycles. The minimum absolute atomic E-state index is 0.214. The van der Waals surface area contributed by atoms with E-state index in [1.54, 1.807) is 7.11 Å². The number of hydrogen-bond acceptors (Lipinski definition) is 4. The molecule has 2 aromatic carbocycles. The molecule has 0 aromatic heterocycles. The molecule has 0 saturated carbocycles. The van der Waals surface area contributed by atoms with Gasteiger partial charge in [0.2, 0.25) is 0 Å². The zero-order chi connectivity index (χ0) is 16.9. The van der Waals surface area contributed by atoms with Crippen LogP contribution in [0.3, 0.4) is 0 Å². The standard InChI is InChI=1S/C19H21NO4/c1-23-18-5-3-2-4-15(18)13-24-17-8-6-14(7-9-17)10-20-11-16(12-20)19(21)22/h2-9,16H,10-13H2,1H3,(H,21,22). The molecule has 0 spiro atoms. The summed E-state index contributed by atoms with van der Waals surface area (Å²) in [5.74, 6) is 0.705. The third kappa shape index (κ3) is 3.86. The molecule has 0 radical (unpaired) electrons. The first-order valence-electron chi connectivity index (χ1n) is 7.94. The first kappa shape index (κ1) is 16.3. The van der Waals surface area contributed by atoms with Gasteiger partial charge in [-0.05, 0) is 23.8 Å². The lowest BCUT2D eigenvalue weighted by Gasteiger charge is -2.36. The minimum atomic E-state index is -0.702. The zero-order valence-corrected chi connectivity index (χ0v) is 13.6. The molecule has 1 heterocycles. The Morgan fingerprint density at radius 2 is 1.88 bits per heavy atom. The fourth-order valence-corrected chi connectivity index (χ4v) is 2.79. The number of hydrogen-bond donors (Lipinski definition) is 1. The largest absolute Gasteiger partial charge is 0.496 e. The highest BCUT2D eigenvalue weighted by Crippen LogP contribution is 2.22. The molecule has 1 aliphatic heterocycles. The number of ether oxygens (including phenoxy) is 2. The number of para-hydroxylation sites is 1. The highest BCUT2D eigenvalue weighted by molar-refractivity contribution is 5.71. The van der Waals surface area contributed by atoms with E-state index in [0.717, 1.165) is 29.2 Å². The van der Waals surface area contributed by atoms with Crippen LogP contribution in [0.15, 0.2) is 48.5 Å². The van der Waals surface area contributed by atoms with Crippen molar-refractivity contribution < 1.29 is 19.4 Å². The summed E-state index contributed by atoms with van der Waals surface area (Å²) in [6.07, 6.45) is 0. The lowest BCUT2D eigenvalue weighted by molar-refractivity contribution is -0.147. The Morgan fingerprint density at radius 1 is 1.17 bits per heavy atom. The summed E-state index contributed by atoms with van der Waals surface area (Å²) in [5, 5.41) is 8.89. The number of carboxylic acids is 1. The van der Waals surface area contributed by atoms with Crippen molar-refractivity contribution in [1.29, 1.82) is 0 Å². The summed E-state index contributed by atoms with van der Waals surface area (Å²) in [7, 11) is 1.65. The number of likely N-dealkylation sites (tertiary alicyclic amines) is 1. The quantitative estimate of drug-likeness (QED) is 0.847. The molecular weight excluding hydrogens is 306 g/mol. The number of benzene rings is 2. The fraction of sp³-hybridized carbons (Fsp3) is 0.316. The van der Waals surface area contributed by atoms with E-state index < -0.39 is 5.97 Å². The molecule has 1 N–H and O–H groups in total. The van der Waals surface area contributed by atoms with E-state index in [-0.39, 0.29) is 5.92 Å². The number of nitrogens with zero attached hydrogens (tertiary/aromatic N) is 1. The van der Waals surface area contributed by atoms with E-state index in [1.807, 2.05) is 48.5 Å². The summed E-state index contributed by atoms with van der Waals surface area (Å²) in [6, 6.07) is 15.7. The van der Waals surface area contributed by atoms with Gasteiger partial charge in [-0.25, -0.2) is 0 Å². The van der Waals surface area contributed by atoms with Gasteiger partial charge in [-0.15, -0.1) is 0 Å². The van der Waals surface area contributed by atoms with Crippen LogP contribution in [0.1, 0.15) is 11.1 Å². The molecule has 1 aliphatic rings. The van der Waals surface area contributed by atoms with Crippen LogP contribution in [0.5, 0.6) is 11.5 Å². The Balaban J connectivity index is 1.51. The number of carbonyl (C=O) groups is 1. The van der Waals surface area contributed by atoms with Crippen LogP contribution in [-0.4, -0.2) is 36.2 Å². The second-order valence-corrected chi connectivity index (χ2v) is 5.97. The molecule has 0 aliphatic carbocycles. The summed E-state index contributed by atoms with van der Waals surface area (Å²) in [6.45, 7) is 2.48. The van der Waals surface area contributed by atoms with Crippen molar-refractivity contribution in [3.8, 4) is 11.5 Å². The number of rotatable bonds is 7. The topological polar surface area (TPSA) is 59.0 Å². The monoisotopic (exact) mass is 327 g/mol. The Bertz CT molecular complexity index is 693. The first-order chi connectivity index (χ1) is 11.7. The van der Waals surface area contributed by atoms with Gasteiger partial charge in [-0.1, -0.05) is 30.3 Å². The molecule has 2 aromatic rings. The van der Waals surface area contributed by atoms with Gasteiger partial charge >= 0.3 is 5.97 Å². The molecule has 5 nitrogen and oxygen atoms in total. The zero-order valence-electron chi connectivity index (χ0n) is 13.6. The van der Waals surface area contributed by atoms with Crippen molar-refractivity contribution >= 4 is 5.97 Å². The third-order valence-corrected chi connectivity index (χ3v) is 4.22. The van der Waals surface area contributed by atoms with E-state index in [1.165, 1.54) is 0 Å². The molecule has 0 amide bonds. The van der Waals surface area contributed by atoms with Crippen molar-refractivity contribution in [1.82, 2.24) is 4.90 Å². The van der Waals surface area contributed by atoms with E-state index >= 15 is 0 Å². The average Bonchev–Trinajstić information content (AvgIpc) is 2.56. The van der Waals surface area contributed by atoms with Crippen molar-refractivity contribution in [2.24, 2.45) is 5.92 Å². The summed E-state index contributed by atoms with van der Waals surface area (Å²) in [4.78, 5) is 12.9. The van der Waals surface area contributed by atoms with Gasteiger partial charge < -0.3 is 14.6 Å². The van der Waals surface area contributed by atoms with Crippen LogP contribution < -0.4 is 9.47 Å². The summed E-state index contributed by atoms with van der Waals surface area (Å²) >= 11 is 0. The fourth-order valence-electron chi connectivity index (χ4n) is 2.79. The second-order valence-electron chi connectivity index (χ2n) is 5.97. The van der Waals surface area contributed by atoms with E-state index in [9.17, 15) is 4.79 Å². The molecule has 3 rings (SSSR count). The number of aliphatic carboxylic acids is 1. The molecule has 1 fully saturated rings. The van der Waals surface area contributed by atoms with Gasteiger partial charge in [0.25, 0.3) is 0 Å². The van der Waals surface area contributed by atoms with Gasteiger partial charge in [0, 0.05) is 25.2 Å². The van der Waals surface area contributed by atoms with Crippen LogP contribution >= 0.6 is 0 Å². The number of carboxylic acid groups (broad SMARTS) is 1. The van der Waals surface area contributed by atoms with E-state index in [0.29, 0.717) is 19.7 Å². The van der Waals surface area contributed by atoms with Crippen LogP contribution in [0, 0.1) is 5.92 Å². The van der Waals surface area contributed by atoms with Gasteiger partial charge in [0.1, 0.15) is 18.1 Å². The highest BCUT2D eigenvalue weighted by atomic mass is 16.5. The van der Waals surface area contributed by atoms with Gasteiger partial charge in [0.15, 0.2) is 0 Å². The predicted molar refractivity (Wildman–Crippen MR) is 90.2 cm³/mol. The van der Waals surface area contributed by atoms with Crippen LogP contribution in [-0.2, 0) is 17.9 Å². The van der Waals surface area contributed by atoms with Gasteiger partial charge in [-0.3, -0.25) is 9.69 Å². The average molecular weight is 327 g/mol. The van der Waals surface area contributed by atoms with E-state index in [2.05, 4.69) is 4.90 Å². The Hall–Kier alpha value is -2.53. The second kappa shape index (κ2) is 7.36. The molecule has 0 unspecified atom stereocenters. The van der Waals surface area contributed by atoms with Crippen molar-refractivity contribution in [3.63, 3.8) is 0 Å². The maximum absolute atomic E-state index is 10.8. The maximum Gasteiger partial charge on any atom is 0.309 e. The Morgan fingerprint density at radius 3 is 2.54 bits per heavy atom. The normalized spacial score (nSPS) is 14.9. The highest BCUT2D eigenvalue weighted by Gasteiger charge is 2.32. The lowest BCUT2D eigenvalue weighted by Crippen LogP contribution is -2.49. The summed E-state index contributed by atoms with van der Waals surface area (Å²) in [5.41, 5.74) is 2.16. The first-order valence-corrected chi connectivity index (χ1v) is 7.94. The SMILES string of the molecule is COc1ccccc1COc1ccc(CN2CC(C(=O)O)C2)cc1. The maximum atomic E-state index is 10.8. The molecule has 126 valence electrons. The van der Waals surface area contributed by atoms with Crippen LogP contribution in [0.2, 0.25) is 0 Å². The van der Waals surface area contributed by atoms with Crippen molar-refractivity contribution in [2.75, 3.05) is 20.2 Å². The van der Waals surface area contributed by atoms with Crippen molar-refractivity contribution in [3.05, 3.63) is 59.7 Å². The minimum Gasteiger partial charge on any atom is -0.496 e. The third-order valence-electron chi connectivity index (χ3n) is 4.22. The molecule has 0 atom stereocenters. The molecule has 0 bridgehead atoms. The van der Waals surface area contributed by atoms with E-state index in [4.69, 9.17) is 14.6 Å². The Labute approximate surface area is 141 Å².